The van der Waals surface area contributed by atoms with Crippen molar-refractivity contribution in [3.63, 3.8) is 0 Å². The normalized spacial score (nSPS) is 11.6. The van der Waals surface area contributed by atoms with Gasteiger partial charge in [-0.05, 0) is 64.4 Å². The van der Waals surface area contributed by atoms with Crippen LogP contribution >= 0.6 is 7.60 Å². The van der Waals surface area contributed by atoms with E-state index in [9.17, 15) is 9.36 Å². The summed E-state index contributed by atoms with van der Waals surface area (Å²) >= 11 is 0. The highest BCUT2D eigenvalue weighted by Gasteiger charge is 2.23. The van der Waals surface area contributed by atoms with Crippen molar-refractivity contribution in [2.24, 2.45) is 0 Å². The van der Waals surface area contributed by atoms with E-state index in [1.54, 1.807) is 35.0 Å². The van der Waals surface area contributed by atoms with E-state index in [0.29, 0.717) is 55.2 Å². The first-order valence-electron chi connectivity index (χ1n) is 11.7. The predicted molar refractivity (Wildman–Crippen MR) is 137 cm³/mol. The number of nitrogens with zero attached hydrogens (tertiary/aromatic N) is 1. The first-order valence-corrected chi connectivity index (χ1v) is 13.4. The highest BCUT2D eigenvalue weighted by molar-refractivity contribution is 7.53. The maximum Gasteiger partial charge on any atom is 0.330 e. The summed E-state index contributed by atoms with van der Waals surface area (Å²) in [6, 6.07) is 11.3. The number of carbonyl (C=O) groups excluding carboxylic acids is 1. The van der Waals surface area contributed by atoms with Gasteiger partial charge >= 0.3 is 7.60 Å². The molecule has 0 saturated carbocycles. The maximum atomic E-state index is 12.6. The number of methoxy groups -OCH3 is 2. The van der Waals surface area contributed by atoms with Crippen LogP contribution in [0.5, 0.6) is 17.2 Å². The van der Waals surface area contributed by atoms with Gasteiger partial charge in [-0.3, -0.25) is 9.36 Å². The number of rotatable bonds is 13. The average molecular weight is 504 g/mol. The average Bonchev–Trinajstić information content (AvgIpc) is 3.12. The molecular weight excluding hydrogens is 469 g/mol. The Balaban J connectivity index is 1.83. The van der Waals surface area contributed by atoms with Gasteiger partial charge in [-0.2, -0.15) is 0 Å². The lowest BCUT2D eigenvalue weighted by molar-refractivity contribution is 0.101. The Morgan fingerprint density at radius 3 is 2.11 bits per heavy atom. The highest BCUT2D eigenvalue weighted by atomic mass is 31.2. The number of carbonyl (C=O) groups is 1. The number of benzene rings is 2. The minimum atomic E-state index is -3.07. The van der Waals surface area contributed by atoms with Crippen LogP contribution in [0, 0.1) is 6.92 Å². The van der Waals surface area contributed by atoms with Gasteiger partial charge in [-0.25, -0.2) is 0 Å². The molecule has 0 amide bonds. The van der Waals surface area contributed by atoms with E-state index in [2.05, 4.69) is 0 Å². The van der Waals surface area contributed by atoms with Crippen molar-refractivity contribution >= 4 is 24.3 Å². The minimum absolute atomic E-state index is 0.0187. The second kappa shape index (κ2) is 11.8. The molecule has 0 aliphatic heterocycles. The second-order valence-corrected chi connectivity index (χ2v) is 10.1. The SMILES string of the molecule is CCOP(=O)(CCCOc1ccc(-n2c(C)c(C(C)=O)c3cc(OC)c(OC)cc32)cc1)OCC. The van der Waals surface area contributed by atoms with E-state index in [4.69, 9.17) is 23.3 Å². The standard InChI is InChI=1S/C26H34NO7P/c1-7-33-35(29,34-8-2)15-9-14-32-21-12-10-20(11-13-21)27-18(3)26(19(4)28)22-16-24(30-5)25(31-6)17-23(22)27/h10-13,16-17H,7-9,14-15H2,1-6H3. The number of fused-ring (bicyclic) bond motifs is 1. The summed E-state index contributed by atoms with van der Waals surface area (Å²) in [4.78, 5) is 12.5. The molecule has 0 spiro atoms. The smallest absolute Gasteiger partial charge is 0.330 e. The third kappa shape index (κ3) is 5.89. The van der Waals surface area contributed by atoms with E-state index in [-0.39, 0.29) is 5.78 Å². The minimum Gasteiger partial charge on any atom is -0.494 e. The van der Waals surface area contributed by atoms with Gasteiger partial charge in [-0.1, -0.05) is 0 Å². The summed E-state index contributed by atoms with van der Waals surface area (Å²) in [6.45, 7) is 8.16. The van der Waals surface area contributed by atoms with Crippen LogP contribution in [-0.4, -0.2) is 50.6 Å². The Kier molecular flexibility index (Phi) is 9.00. The number of aromatic nitrogens is 1. The molecule has 2 aromatic carbocycles. The van der Waals surface area contributed by atoms with Gasteiger partial charge in [0.05, 0.1) is 45.7 Å². The molecule has 0 saturated heterocycles. The number of hydrogen-bond acceptors (Lipinski definition) is 7. The van der Waals surface area contributed by atoms with E-state index >= 15 is 0 Å². The molecule has 0 unspecified atom stereocenters. The van der Waals surface area contributed by atoms with Gasteiger partial charge in [-0.15, -0.1) is 0 Å². The molecule has 0 N–H and O–H groups in total. The number of ketones is 1. The molecule has 1 aromatic heterocycles. The van der Waals surface area contributed by atoms with Crippen molar-refractivity contribution in [3.05, 3.63) is 47.7 Å². The van der Waals surface area contributed by atoms with Crippen molar-refractivity contribution in [2.45, 2.75) is 34.1 Å². The van der Waals surface area contributed by atoms with Gasteiger partial charge in [0.15, 0.2) is 17.3 Å². The van der Waals surface area contributed by atoms with Crippen molar-refractivity contribution in [3.8, 4) is 22.9 Å². The zero-order valence-corrected chi connectivity index (χ0v) is 22.1. The van der Waals surface area contributed by atoms with Gasteiger partial charge in [0, 0.05) is 28.4 Å². The maximum absolute atomic E-state index is 12.6. The second-order valence-electron chi connectivity index (χ2n) is 7.94. The molecule has 190 valence electrons. The van der Waals surface area contributed by atoms with Crippen LogP contribution < -0.4 is 14.2 Å². The molecule has 0 aliphatic rings. The fourth-order valence-corrected chi connectivity index (χ4v) is 5.85. The largest absolute Gasteiger partial charge is 0.494 e. The molecule has 0 fully saturated rings. The van der Waals surface area contributed by atoms with Crippen molar-refractivity contribution in [2.75, 3.05) is 40.2 Å². The Hall–Kier alpha value is -2.80. The van der Waals surface area contributed by atoms with E-state index < -0.39 is 7.60 Å². The van der Waals surface area contributed by atoms with Crippen molar-refractivity contribution < 1.29 is 32.6 Å². The Morgan fingerprint density at radius 2 is 1.57 bits per heavy atom. The monoisotopic (exact) mass is 503 g/mol. The molecule has 0 atom stereocenters. The van der Waals surface area contributed by atoms with Crippen molar-refractivity contribution in [1.29, 1.82) is 0 Å². The number of hydrogen-bond donors (Lipinski definition) is 0. The molecule has 8 nitrogen and oxygen atoms in total. The molecule has 0 radical (unpaired) electrons. The molecule has 9 heteroatoms. The first kappa shape index (κ1) is 26.8. The molecule has 3 aromatic rings. The molecule has 0 bridgehead atoms. The van der Waals surface area contributed by atoms with Gasteiger partial charge in [0.1, 0.15) is 5.75 Å². The lowest BCUT2D eigenvalue weighted by Gasteiger charge is -2.17. The van der Waals surface area contributed by atoms with E-state index in [0.717, 1.165) is 22.3 Å². The quantitative estimate of drug-likeness (QED) is 0.156. The van der Waals surface area contributed by atoms with Crippen LogP contribution in [0.3, 0.4) is 0 Å². The predicted octanol–water partition coefficient (Wildman–Crippen LogP) is 6.19. The summed E-state index contributed by atoms with van der Waals surface area (Å²) in [5.74, 6) is 1.83. The summed E-state index contributed by atoms with van der Waals surface area (Å²) in [7, 11) is 0.0961. The van der Waals surface area contributed by atoms with Crippen molar-refractivity contribution in [1.82, 2.24) is 4.57 Å². The molecule has 3 rings (SSSR count). The zero-order chi connectivity index (χ0) is 25.6. The lowest BCUT2D eigenvalue weighted by Crippen LogP contribution is -2.05. The van der Waals surface area contributed by atoms with E-state index in [1.807, 2.05) is 47.9 Å². The van der Waals surface area contributed by atoms with Gasteiger partial charge in [0.25, 0.3) is 0 Å². The third-order valence-electron chi connectivity index (χ3n) is 5.65. The topological polar surface area (TPSA) is 85.2 Å². The third-order valence-corrected chi connectivity index (χ3v) is 7.82. The van der Waals surface area contributed by atoms with Crippen LogP contribution in [0.4, 0.5) is 0 Å². The first-order chi connectivity index (χ1) is 16.8. The summed E-state index contributed by atoms with van der Waals surface area (Å²) in [6.07, 6.45) is 0.852. The van der Waals surface area contributed by atoms with Gasteiger partial charge < -0.3 is 27.8 Å². The van der Waals surface area contributed by atoms with Crippen LogP contribution in [0.1, 0.15) is 43.2 Å². The number of Topliss-reactive ketones (excluding diaryl/α,β-unsaturated/α-hetero) is 1. The van der Waals surface area contributed by atoms with Crippen LogP contribution in [-0.2, 0) is 13.6 Å². The Morgan fingerprint density at radius 1 is 0.971 bits per heavy atom. The molecular formula is C26H34NO7P. The molecule has 1 heterocycles. The lowest BCUT2D eigenvalue weighted by atomic mass is 10.1. The molecule has 35 heavy (non-hydrogen) atoms. The Labute approximate surface area is 206 Å². The summed E-state index contributed by atoms with van der Waals surface area (Å²) < 4.78 is 42.0. The summed E-state index contributed by atoms with van der Waals surface area (Å²) in [5, 5.41) is 0.806. The van der Waals surface area contributed by atoms with Crippen LogP contribution in [0.15, 0.2) is 36.4 Å². The van der Waals surface area contributed by atoms with Gasteiger partial charge in [0.2, 0.25) is 0 Å². The highest BCUT2D eigenvalue weighted by Crippen LogP contribution is 2.48. The van der Waals surface area contributed by atoms with E-state index in [1.165, 1.54) is 0 Å². The number of ether oxygens (including phenoxy) is 3. The fraction of sp³-hybridized carbons (Fsp3) is 0.423. The zero-order valence-electron chi connectivity index (χ0n) is 21.3. The van der Waals surface area contributed by atoms with Crippen LogP contribution in [0.25, 0.3) is 16.6 Å². The van der Waals surface area contributed by atoms with Crippen LogP contribution in [0.2, 0.25) is 0 Å². The fourth-order valence-electron chi connectivity index (χ4n) is 4.22. The molecule has 0 aliphatic carbocycles. The summed E-state index contributed by atoms with van der Waals surface area (Å²) in [5.41, 5.74) is 3.21. The Bertz CT molecular complexity index is 1210.